The van der Waals surface area contributed by atoms with Crippen molar-refractivity contribution in [1.82, 2.24) is 25.2 Å². The first-order valence-electron chi connectivity index (χ1n) is 15.4. The second kappa shape index (κ2) is 11.5. The largest absolute Gasteiger partial charge is 0.463 e. The highest BCUT2D eigenvalue weighted by Gasteiger charge is 2.45. The summed E-state index contributed by atoms with van der Waals surface area (Å²) in [5, 5.41) is 6.29. The van der Waals surface area contributed by atoms with E-state index in [9.17, 15) is 13.2 Å². The minimum Gasteiger partial charge on any atom is -0.463 e. The van der Waals surface area contributed by atoms with Crippen molar-refractivity contribution in [1.29, 1.82) is 0 Å². The first-order valence-corrected chi connectivity index (χ1v) is 15.4. The standard InChI is InChI=1S/C31H36F5N7O2/c1-17-11-22(37-2)39-27(24(17)31(34,35)36)23-21(32)12-20-26(25(23)33)40-29(41-28(20)43-13-18-3-4-19(14-43)38-18)45-16-30(5-6-30)15-42-7-9-44-10-8-42/h11-12,18-19,38H,3-10,13-16H2,1-2H3,(H,37,39). The van der Waals surface area contributed by atoms with Crippen LogP contribution in [0.2, 0.25) is 0 Å². The maximum absolute atomic E-state index is 16.6. The number of fused-ring (bicyclic) bond motifs is 3. The topological polar surface area (TPSA) is 87.7 Å². The van der Waals surface area contributed by atoms with Gasteiger partial charge in [0.2, 0.25) is 0 Å². The normalized spacial score (nSPS) is 23.0. The van der Waals surface area contributed by atoms with Crippen LogP contribution in [0, 0.1) is 24.0 Å². The highest BCUT2D eigenvalue weighted by atomic mass is 19.4. The summed E-state index contributed by atoms with van der Waals surface area (Å²) in [5.41, 5.74) is -3.55. The van der Waals surface area contributed by atoms with Gasteiger partial charge in [-0.05, 0) is 50.3 Å². The van der Waals surface area contributed by atoms with Crippen LogP contribution in [0.4, 0.5) is 33.6 Å². The zero-order valence-electron chi connectivity index (χ0n) is 25.2. The van der Waals surface area contributed by atoms with Gasteiger partial charge in [0.15, 0.2) is 5.82 Å². The molecule has 3 aromatic rings. The summed E-state index contributed by atoms with van der Waals surface area (Å²) < 4.78 is 87.0. The average molecular weight is 634 g/mol. The number of alkyl halides is 3. The molecule has 4 fully saturated rings. The molecule has 0 spiro atoms. The fourth-order valence-corrected chi connectivity index (χ4v) is 6.97. The molecule has 3 saturated heterocycles. The van der Waals surface area contributed by atoms with E-state index in [1.54, 1.807) is 0 Å². The maximum Gasteiger partial charge on any atom is 0.418 e. The fourth-order valence-electron chi connectivity index (χ4n) is 6.97. The van der Waals surface area contributed by atoms with Crippen LogP contribution in [0.5, 0.6) is 6.01 Å². The van der Waals surface area contributed by atoms with Crippen LogP contribution < -0.4 is 20.3 Å². The van der Waals surface area contributed by atoms with Crippen LogP contribution >= 0.6 is 0 Å². The summed E-state index contributed by atoms with van der Waals surface area (Å²) in [4.78, 5) is 17.3. The number of piperazine rings is 1. The Morgan fingerprint density at radius 2 is 1.78 bits per heavy atom. The number of benzene rings is 1. The van der Waals surface area contributed by atoms with Crippen molar-refractivity contribution in [2.24, 2.45) is 5.41 Å². The zero-order chi connectivity index (χ0) is 31.5. The predicted molar refractivity (Wildman–Crippen MR) is 159 cm³/mol. The summed E-state index contributed by atoms with van der Waals surface area (Å²) in [5.74, 6) is -2.06. The lowest BCUT2D eigenvalue weighted by atomic mass is 9.98. The predicted octanol–water partition coefficient (Wildman–Crippen LogP) is 4.77. The summed E-state index contributed by atoms with van der Waals surface area (Å²) in [6, 6.07) is 2.53. The lowest BCUT2D eigenvalue weighted by molar-refractivity contribution is -0.137. The number of anilines is 2. The highest BCUT2D eigenvalue weighted by Crippen LogP contribution is 2.47. The molecular weight excluding hydrogens is 597 g/mol. The molecule has 45 heavy (non-hydrogen) atoms. The van der Waals surface area contributed by atoms with Gasteiger partial charge in [-0.3, -0.25) is 4.90 Å². The van der Waals surface area contributed by atoms with Crippen LogP contribution in [-0.4, -0.2) is 91.5 Å². The van der Waals surface area contributed by atoms with Gasteiger partial charge in [-0.1, -0.05) is 0 Å². The molecule has 1 aromatic carbocycles. The van der Waals surface area contributed by atoms with E-state index >= 15 is 8.78 Å². The average Bonchev–Trinajstić information content (AvgIpc) is 3.69. The molecule has 0 amide bonds. The molecule has 1 aliphatic carbocycles. The van der Waals surface area contributed by atoms with Gasteiger partial charge in [0, 0.05) is 62.7 Å². The molecule has 4 aliphatic rings. The van der Waals surface area contributed by atoms with Gasteiger partial charge < -0.3 is 25.0 Å². The molecule has 0 radical (unpaired) electrons. The summed E-state index contributed by atoms with van der Waals surface area (Å²) in [6.07, 6.45) is -1.04. The van der Waals surface area contributed by atoms with Crippen molar-refractivity contribution in [3.8, 4) is 17.3 Å². The third kappa shape index (κ3) is 5.87. The minimum absolute atomic E-state index is 0.0492. The number of rotatable bonds is 8. The molecule has 242 valence electrons. The highest BCUT2D eigenvalue weighted by molar-refractivity contribution is 5.94. The first kappa shape index (κ1) is 30.3. The van der Waals surface area contributed by atoms with Gasteiger partial charge in [0.25, 0.3) is 0 Å². The number of aryl methyl sites for hydroxylation is 1. The van der Waals surface area contributed by atoms with Crippen LogP contribution in [0.25, 0.3) is 22.2 Å². The summed E-state index contributed by atoms with van der Waals surface area (Å²) in [6.45, 7) is 6.55. The lowest BCUT2D eigenvalue weighted by Gasteiger charge is -2.34. The summed E-state index contributed by atoms with van der Waals surface area (Å²) in [7, 11) is 1.47. The molecule has 3 aliphatic heterocycles. The Morgan fingerprint density at radius 1 is 1.07 bits per heavy atom. The molecule has 14 heteroatoms. The minimum atomic E-state index is -4.91. The van der Waals surface area contributed by atoms with E-state index < -0.39 is 34.6 Å². The number of ether oxygens (including phenoxy) is 2. The van der Waals surface area contributed by atoms with Gasteiger partial charge in [-0.15, -0.1) is 0 Å². The number of halogens is 5. The summed E-state index contributed by atoms with van der Waals surface area (Å²) >= 11 is 0. The number of nitrogens with zero attached hydrogens (tertiary/aromatic N) is 5. The second-order valence-corrected chi connectivity index (χ2v) is 12.8. The van der Waals surface area contributed by atoms with Gasteiger partial charge in [-0.25, -0.2) is 13.8 Å². The molecular formula is C31H36F5N7O2. The molecule has 2 aromatic heterocycles. The fraction of sp³-hybridized carbons (Fsp3) is 0.581. The molecule has 2 atom stereocenters. The van der Waals surface area contributed by atoms with Gasteiger partial charge in [-0.2, -0.15) is 23.1 Å². The number of morpholine rings is 1. The quantitative estimate of drug-likeness (QED) is 0.341. The van der Waals surface area contributed by atoms with Gasteiger partial charge >= 0.3 is 12.2 Å². The van der Waals surface area contributed by atoms with Crippen molar-refractivity contribution in [3.05, 3.63) is 34.9 Å². The zero-order valence-corrected chi connectivity index (χ0v) is 25.2. The van der Waals surface area contributed by atoms with Gasteiger partial charge in [0.05, 0.1) is 36.6 Å². The van der Waals surface area contributed by atoms with E-state index in [1.165, 1.54) is 20.0 Å². The Bertz CT molecular complexity index is 1600. The van der Waals surface area contributed by atoms with E-state index in [-0.39, 0.29) is 45.8 Å². The molecule has 2 N–H and O–H groups in total. The van der Waals surface area contributed by atoms with Gasteiger partial charge in [0.1, 0.15) is 23.0 Å². The molecule has 1 saturated carbocycles. The molecule has 2 bridgehead atoms. The van der Waals surface area contributed by atoms with Crippen LogP contribution in [0.3, 0.4) is 0 Å². The van der Waals surface area contributed by atoms with Crippen molar-refractivity contribution in [2.45, 2.75) is 50.9 Å². The number of aromatic nitrogens is 3. The van der Waals surface area contributed by atoms with E-state index in [1.807, 2.05) is 4.90 Å². The number of hydrogen-bond acceptors (Lipinski definition) is 9. The van der Waals surface area contributed by atoms with Crippen molar-refractivity contribution >= 4 is 22.5 Å². The third-order valence-corrected chi connectivity index (χ3v) is 9.48. The number of nitrogens with one attached hydrogen (secondary N) is 2. The first-order chi connectivity index (χ1) is 21.5. The lowest BCUT2D eigenvalue weighted by Crippen LogP contribution is -2.51. The van der Waals surface area contributed by atoms with Crippen LogP contribution in [0.1, 0.15) is 36.8 Å². The van der Waals surface area contributed by atoms with Crippen LogP contribution in [0.15, 0.2) is 12.1 Å². The molecule has 5 heterocycles. The van der Waals surface area contributed by atoms with E-state index in [0.29, 0.717) is 38.7 Å². The Morgan fingerprint density at radius 3 is 2.42 bits per heavy atom. The SMILES string of the molecule is CNc1cc(C)c(C(F)(F)F)c(-c2c(F)cc3c(N4CC5CCC(C4)N5)nc(OCC4(CN5CCOCC5)CC4)nc3c2F)n1. The Hall–Kier alpha value is -3.36. The number of pyridine rings is 1. The van der Waals surface area contributed by atoms with Crippen molar-refractivity contribution in [3.63, 3.8) is 0 Å². The Labute approximate surface area is 257 Å². The maximum atomic E-state index is 16.6. The Balaban J connectivity index is 1.32. The molecule has 7 rings (SSSR count). The van der Waals surface area contributed by atoms with E-state index in [2.05, 4.69) is 30.5 Å². The third-order valence-electron chi connectivity index (χ3n) is 9.48. The monoisotopic (exact) mass is 633 g/mol. The Kier molecular flexibility index (Phi) is 7.72. The number of hydrogen-bond donors (Lipinski definition) is 2. The molecule has 9 nitrogen and oxygen atoms in total. The van der Waals surface area contributed by atoms with Crippen molar-refractivity contribution in [2.75, 3.05) is 69.8 Å². The van der Waals surface area contributed by atoms with E-state index in [4.69, 9.17) is 9.47 Å². The van der Waals surface area contributed by atoms with Crippen LogP contribution in [-0.2, 0) is 10.9 Å². The van der Waals surface area contributed by atoms with E-state index in [0.717, 1.165) is 51.4 Å². The molecule has 2 unspecified atom stereocenters. The smallest absolute Gasteiger partial charge is 0.418 e. The van der Waals surface area contributed by atoms with Crippen molar-refractivity contribution < 1.29 is 31.4 Å². The second-order valence-electron chi connectivity index (χ2n) is 12.8.